The minimum atomic E-state index is -0.255. The van der Waals surface area contributed by atoms with Gasteiger partial charge in [0.2, 0.25) is 5.91 Å². The van der Waals surface area contributed by atoms with Gasteiger partial charge in [0, 0.05) is 26.2 Å². The van der Waals surface area contributed by atoms with Crippen LogP contribution >= 0.6 is 0 Å². The lowest BCUT2D eigenvalue weighted by Crippen LogP contribution is -2.48. The summed E-state index contributed by atoms with van der Waals surface area (Å²) in [4.78, 5) is 17.1. The van der Waals surface area contributed by atoms with Gasteiger partial charge in [-0.1, -0.05) is 0 Å². The summed E-state index contributed by atoms with van der Waals surface area (Å²) in [6.07, 6.45) is 5.57. The molecule has 5 atom stereocenters. The number of amides is 1. The number of piperidine rings is 1. The summed E-state index contributed by atoms with van der Waals surface area (Å²) in [6.45, 7) is 5.54. The van der Waals surface area contributed by atoms with Crippen molar-refractivity contribution in [2.75, 3.05) is 33.2 Å². The van der Waals surface area contributed by atoms with Crippen LogP contribution in [0.2, 0.25) is 0 Å². The lowest BCUT2D eigenvalue weighted by molar-refractivity contribution is -0.137. The molecular weight excluding hydrogens is 290 g/mol. The predicted molar refractivity (Wildman–Crippen MR) is 90.8 cm³/mol. The molecule has 5 heteroatoms. The molecule has 0 aromatic carbocycles. The number of fused-ring (bicyclic) bond motifs is 2. The van der Waals surface area contributed by atoms with Crippen molar-refractivity contribution in [2.24, 2.45) is 29.4 Å². The quantitative estimate of drug-likeness (QED) is 0.789. The molecule has 1 saturated heterocycles. The molecule has 0 aromatic rings. The molecular formula is C18H33N3O2. The Hall–Kier alpha value is -0.650. The van der Waals surface area contributed by atoms with Crippen molar-refractivity contribution in [3.63, 3.8) is 0 Å². The number of aliphatic hydroxyl groups excluding tert-OH is 1. The van der Waals surface area contributed by atoms with Gasteiger partial charge in [0.05, 0.1) is 12.0 Å². The van der Waals surface area contributed by atoms with E-state index in [2.05, 4.69) is 4.90 Å². The molecule has 0 spiro atoms. The van der Waals surface area contributed by atoms with Crippen LogP contribution in [0.3, 0.4) is 0 Å². The molecule has 1 heterocycles. The zero-order chi connectivity index (χ0) is 16.6. The van der Waals surface area contributed by atoms with E-state index in [1.165, 1.54) is 19.3 Å². The highest BCUT2D eigenvalue weighted by molar-refractivity contribution is 5.80. The van der Waals surface area contributed by atoms with E-state index in [1.807, 2.05) is 18.9 Å². The molecule has 5 nitrogen and oxygen atoms in total. The fraction of sp³-hybridized carbons (Fsp3) is 0.944. The maximum absolute atomic E-state index is 12.8. The number of β-amino-alcohol motifs (C(OH)–C–C–N with tert-alkyl or cyclic N) is 1. The predicted octanol–water partition coefficient (Wildman–Crippen LogP) is 0.911. The van der Waals surface area contributed by atoms with Crippen LogP contribution in [0.1, 0.15) is 39.0 Å². The van der Waals surface area contributed by atoms with Crippen molar-refractivity contribution in [1.29, 1.82) is 0 Å². The number of likely N-dealkylation sites (tertiary alicyclic amines) is 1. The zero-order valence-corrected chi connectivity index (χ0v) is 14.7. The first-order valence-corrected chi connectivity index (χ1v) is 9.36. The molecule has 3 fully saturated rings. The largest absolute Gasteiger partial charge is 0.392 e. The second-order valence-corrected chi connectivity index (χ2v) is 8.25. The molecule has 0 aromatic heterocycles. The normalized spacial score (nSPS) is 36.3. The summed E-state index contributed by atoms with van der Waals surface area (Å²) in [6, 6.07) is 0.0941. The van der Waals surface area contributed by atoms with Crippen molar-refractivity contribution in [1.82, 2.24) is 9.80 Å². The Morgan fingerprint density at radius 3 is 2.48 bits per heavy atom. The van der Waals surface area contributed by atoms with Gasteiger partial charge in [0.15, 0.2) is 0 Å². The van der Waals surface area contributed by atoms with Crippen molar-refractivity contribution in [3.8, 4) is 0 Å². The van der Waals surface area contributed by atoms with Gasteiger partial charge in [0.1, 0.15) is 0 Å². The van der Waals surface area contributed by atoms with Crippen molar-refractivity contribution < 1.29 is 9.90 Å². The van der Waals surface area contributed by atoms with Crippen molar-refractivity contribution >= 4 is 5.91 Å². The van der Waals surface area contributed by atoms with E-state index in [4.69, 9.17) is 5.73 Å². The topological polar surface area (TPSA) is 69.8 Å². The minimum absolute atomic E-state index is 0.0778. The van der Waals surface area contributed by atoms with E-state index in [-0.39, 0.29) is 24.0 Å². The Labute approximate surface area is 140 Å². The summed E-state index contributed by atoms with van der Waals surface area (Å²) >= 11 is 0. The highest BCUT2D eigenvalue weighted by Gasteiger charge is 2.49. The van der Waals surface area contributed by atoms with Crippen LogP contribution in [-0.4, -0.2) is 66.2 Å². The van der Waals surface area contributed by atoms with E-state index in [1.54, 1.807) is 0 Å². The van der Waals surface area contributed by atoms with E-state index in [9.17, 15) is 9.90 Å². The third kappa shape index (κ3) is 3.72. The first kappa shape index (κ1) is 17.2. The number of carbonyl (C=O) groups excluding carboxylic acids is 1. The van der Waals surface area contributed by atoms with Gasteiger partial charge in [-0.3, -0.25) is 4.79 Å². The van der Waals surface area contributed by atoms with Gasteiger partial charge in [-0.25, -0.2) is 0 Å². The van der Waals surface area contributed by atoms with Crippen molar-refractivity contribution in [2.45, 2.75) is 51.2 Å². The van der Waals surface area contributed by atoms with Crippen LogP contribution in [-0.2, 0) is 4.79 Å². The number of nitrogens with zero attached hydrogens (tertiary/aromatic N) is 2. The minimum Gasteiger partial charge on any atom is -0.392 e. The van der Waals surface area contributed by atoms with Gasteiger partial charge in [-0.05, 0) is 69.9 Å². The lowest BCUT2D eigenvalue weighted by Gasteiger charge is -2.36. The average Bonchev–Trinajstić information content (AvgIpc) is 3.09. The monoisotopic (exact) mass is 323 g/mol. The fourth-order valence-corrected chi connectivity index (χ4v) is 5.16. The van der Waals surface area contributed by atoms with Crippen LogP contribution in [0.25, 0.3) is 0 Å². The summed E-state index contributed by atoms with van der Waals surface area (Å²) in [5.74, 6) is 2.08. The summed E-state index contributed by atoms with van der Waals surface area (Å²) in [7, 11) is 1.96. The summed E-state index contributed by atoms with van der Waals surface area (Å²) in [5.41, 5.74) is 6.32. The Bertz CT molecular complexity index is 418. The van der Waals surface area contributed by atoms with Crippen LogP contribution in [0, 0.1) is 23.7 Å². The highest BCUT2D eigenvalue weighted by Crippen LogP contribution is 2.48. The molecule has 132 valence electrons. The third-order valence-electron chi connectivity index (χ3n) is 6.40. The summed E-state index contributed by atoms with van der Waals surface area (Å²) < 4.78 is 0. The summed E-state index contributed by atoms with van der Waals surface area (Å²) in [5, 5.41) is 9.48. The standard InChI is InChI=1S/C18H33N3O2/c1-12(22)10-21-7-5-13(6-8-21)11-20(2)18(23)16-14-3-4-15(9-14)17(16)19/h12-17,22H,3-11,19H2,1-2H3. The smallest absolute Gasteiger partial charge is 0.227 e. The number of aliphatic hydroxyl groups is 1. The number of nitrogens with two attached hydrogens (primary N) is 1. The van der Waals surface area contributed by atoms with Gasteiger partial charge in [-0.15, -0.1) is 0 Å². The second-order valence-electron chi connectivity index (χ2n) is 8.25. The molecule has 2 bridgehead atoms. The average molecular weight is 323 g/mol. The molecule has 23 heavy (non-hydrogen) atoms. The maximum atomic E-state index is 12.8. The van der Waals surface area contributed by atoms with Crippen LogP contribution in [0.4, 0.5) is 0 Å². The van der Waals surface area contributed by atoms with Gasteiger partial charge in [0.25, 0.3) is 0 Å². The first-order chi connectivity index (χ1) is 11.0. The van der Waals surface area contributed by atoms with Gasteiger partial charge < -0.3 is 20.6 Å². The molecule has 3 N–H and O–H groups in total. The number of rotatable bonds is 5. The third-order valence-corrected chi connectivity index (χ3v) is 6.40. The molecule has 3 rings (SSSR count). The Morgan fingerprint density at radius 1 is 1.26 bits per heavy atom. The SMILES string of the molecule is CC(O)CN1CCC(CN(C)C(=O)C2C3CCC(C3)C2N)CC1. The zero-order valence-electron chi connectivity index (χ0n) is 14.7. The highest BCUT2D eigenvalue weighted by atomic mass is 16.3. The fourth-order valence-electron chi connectivity index (χ4n) is 5.16. The molecule has 2 aliphatic carbocycles. The Balaban J connectivity index is 1.46. The number of carbonyl (C=O) groups is 1. The molecule has 5 unspecified atom stereocenters. The van der Waals surface area contributed by atoms with Gasteiger partial charge >= 0.3 is 0 Å². The maximum Gasteiger partial charge on any atom is 0.227 e. The van der Waals surface area contributed by atoms with Crippen LogP contribution in [0.5, 0.6) is 0 Å². The Kier molecular flexibility index (Phi) is 5.29. The molecule has 1 amide bonds. The Morgan fingerprint density at radius 2 is 1.91 bits per heavy atom. The number of hydrogen-bond donors (Lipinski definition) is 2. The van der Waals surface area contributed by atoms with Crippen LogP contribution < -0.4 is 5.73 Å². The van der Waals surface area contributed by atoms with Crippen molar-refractivity contribution in [3.05, 3.63) is 0 Å². The number of hydrogen-bond acceptors (Lipinski definition) is 4. The molecule has 0 radical (unpaired) electrons. The van der Waals surface area contributed by atoms with E-state index in [0.29, 0.717) is 17.8 Å². The van der Waals surface area contributed by atoms with Gasteiger partial charge in [-0.2, -0.15) is 0 Å². The molecule has 2 saturated carbocycles. The van der Waals surface area contributed by atoms with E-state index < -0.39 is 0 Å². The first-order valence-electron chi connectivity index (χ1n) is 9.36. The lowest BCUT2D eigenvalue weighted by atomic mass is 9.83. The molecule has 3 aliphatic rings. The van der Waals surface area contributed by atoms with E-state index in [0.717, 1.165) is 39.0 Å². The second kappa shape index (κ2) is 7.08. The molecule has 1 aliphatic heterocycles. The van der Waals surface area contributed by atoms with E-state index >= 15 is 0 Å². The van der Waals surface area contributed by atoms with Crippen LogP contribution in [0.15, 0.2) is 0 Å².